The summed E-state index contributed by atoms with van der Waals surface area (Å²) in [5, 5.41) is 9.16. The molecule has 29 heavy (non-hydrogen) atoms. The van der Waals surface area contributed by atoms with Crippen LogP contribution in [0, 0.1) is 0 Å². The zero-order valence-corrected chi connectivity index (χ0v) is 15.7. The topological polar surface area (TPSA) is 93.9 Å². The number of benzene rings is 2. The Bertz CT molecular complexity index is 1020. The van der Waals surface area contributed by atoms with Crippen molar-refractivity contribution in [3.63, 3.8) is 0 Å². The van der Waals surface area contributed by atoms with E-state index in [1.54, 1.807) is 0 Å². The Morgan fingerprint density at radius 1 is 1.14 bits per heavy atom. The first-order valence-electron chi connectivity index (χ1n) is 9.36. The number of carbonyl (C=O) groups is 2. The Morgan fingerprint density at radius 3 is 2.69 bits per heavy atom. The molecule has 1 saturated heterocycles. The van der Waals surface area contributed by atoms with E-state index in [0.29, 0.717) is 12.4 Å². The standard InChI is InChI=1S/C21H21N3O5/c25-20(23-10-11-28-18(12-23)21(26)27)13-24-17-9-5-4-8-16(17)22-19(24)14-29-15-6-2-1-3-7-15/h1-9,18H,10-14H2,(H,26,27)/t18-/m1/s1. The molecule has 0 spiro atoms. The number of carbonyl (C=O) groups excluding carboxylic acids is 1. The molecule has 1 amide bonds. The molecule has 0 aliphatic carbocycles. The molecule has 8 heteroatoms. The van der Waals surface area contributed by atoms with Gasteiger partial charge in [-0.05, 0) is 24.3 Å². The molecule has 1 N–H and O–H groups in total. The average Bonchev–Trinajstić information content (AvgIpc) is 3.10. The van der Waals surface area contributed by atoms with Crippen molar-refractivity contribution in [1.82, 2.24) is 14.5 Å². The Balaban J connectivity index is 1.55. The van der Waals surface area contributed by atoms with E-state index >= 15 is 0 Å². The van der Waals surface area contributed by atoms with Gasteiger partial charge in [0.2, 0.25) is 5.91 Å². The van der Waals surface area contributed by atoms with Crippen LogP contribution in [0.1, 0.15) is 5.82 Å². The molecule has 0 bridgehead atoms. The van der Waals surface area contributed by atoms with Gasteiger partial charge in [0.15, 0.2) is 6.10 Å². The van der Waals surface area contributed by atoms with Crippen LogP contribution in [0.25, 0.3) is 11.0 Å². The highest BCUT2D eigenvalue weighted by Crippen LogP contribution is 2.19. The van der Waals surface area contributed by atoms with Gasteiger partial charge in [-0.2, -0.15) is 0 Å². The summed E-state index contributed by atoms with van der Waals surface area (Å²) in [6.07, 6.45) is -0.992. The number of nitrogens with zero attached hydrogens (tertiary/aromatic N) is 3. The number of imidazole rings is 1. The first kappa shape index (κ1) is 18.9. The number of aliphatic carboxylic acids is 1. The number of aromatic nitrogens is 2. The molecule has 3 aromatic rings. The lowest BCUT2D eigenvalue weighted by molar-refractivity contribution is -0.159. The molecule has 150 valence electrons. The fraction of sp³-hybridized carbons (Fsp3) is 0.286. The fourth-order valence-electron chi connectivity index (χ4n) is 3.34. The molecule has 2 aromatic carbocycles. The van der Waals surface area contributed by atoms with Crippen LogP contribution in [0.2, 0.25) is 0 Å². The first-order valence-corrected chi connectivity index (χ1v) is 9.36. The summed E-state index contributed by atoms with van der Waals surface area (Å²) in [6, 6.07) is 17.0. The molecule has 2 heterocycles. The van der Waals surface area contributed by atoms with Gasteiger partial charge in [0, 0.05) is 6.54 Å². The van der Waals surface area contributed by atoms with Crippen LogP contribution in [0.3, 0.4) is 0 Å². The van der Waals surface area contributed by atoms with E-state index in [-0.39, 0.29) is 32.2 Å². The second-order valence-electron chi connectivity index (χ2n) is 6.74. The summed E-state index contributed by atoms with van der Waals surface area (Å²) in [5.74, 6) is 0.109. The minimum absolute atomic E-state index is 0.0383. The molecule has 0 radical (unpaired) electrons. The number of hydrogen-bond acceptors (Lipinski definition) is 5. The summed E-state index contributed by atoms with van der Waals surface area (Å²) >= 11 is 0. The maximum Gasteiger partial charge on any atom is 0.334 e. The molecule has 1 aliphatic heterocycles. The van der Waals surface area contributed by atoms with Gasteiger partial charge in [-0.25, -0.2) is 9.78 Å². The van der Waals surface area contributed by atoms with E-state index in [1.807, 2.05) is 59.2 Å². The van der Waals surface area contributed by atoms with Gasteiger partial charge >= 0.3 is 5.97 Å². The molecular weight excluding hydrogens is 374 g/mol. The van der Waals surface area contributed by atoms with Crippen molar-refractivity contribution in [3.05, 3.63) is 60.4 Å². The molecule has 1 aliphatic rings. The lowest BCUT2D eigenvalue weighted by Crippen LogP contribution is -2.49. The Morgan fingerprint density at radius 2 is 1.90 bits per heavy atom. The third-order valence-corrected chi connectivity index (χ3v) is 4.83. The number of amides is 1. The summed E-state index contributed by atoms with van der Waals surface area (Å²) in [6.45, 7) is 0.881. The highest BCUT2D eigenvalue weighted by molar-refractivity contribution is 5.82. The van der Waals surface area contributed by atoms with Gasteiger partial charge in [0.1, 0.15) is 24.7 Å². The number of hydrogen-bond donors (Lipinski definition) is 1. The molecule has 1 atom stereocenters. The monoisotopic (exact) mass is 395 g/mol. The quantitative estimate of drug-likeness (QED) is 0.685. The van der Waals surface area contributed by atoms with Gasteiger partial charge in [0.25, 0.3) is 0 Å². The smallest absolute Gasteiger partial charge is 0.334 e. The van der Waals surface area contributed by atoms with E-state index in [2.05, 4.69) is 4.98 Å². The van der Waals surface area contributed by atoms with Crippen molar-refractivity contribution in [2.45, 2.75) is 19.3 Å². The van der Waals surface area contributed by atoms with Crippen molar-refractivity contribution >= 4 is 22.9 Å². The maximum atomic E-state index is 12.9. The summed E-state index contributed by atoms with van der Waals surface area (Å²) in [5.41, 5.74) is 1.60. The predicted octanol–water partition coefficient (Wildman–Crippen LogP) is 1.93. The van der Waals surface area contributed by atoms with Gasteiger partial charge in [-0.1, -0.05) is 30.3 Å². The summed E-state index contributed by atoms with van der Waals surface area (Å²) in [7, 11) is 0. The van der Waals surface area contributed by atoms with E-state index in [0.717, 1.165) is 16.8 Å². The number of para-hydroxylation sites is 3. The normalized spacial score (nSPS) is 16.7. The van der Waals surface area contributed by atoms with Crippen molar-refractivity contribution in [3.8, 4) is 5.75 Å². The first-order chi connectivity index (χ1) is 14.1. The van der Waals surface area contributed by atoms with Gasteiger partial charge < -0.3 is 24.0 Å². The van der Waals surface area contributed by atoms with Crippen LogP contribution in [0.15, 0.2) is 54.6 Å². The molecule has 1 aromatic heterocycles. The summed E-state index contributed by atoms with van der Waals surface area (Å²) in [4.78, 5) is 30.2. The van der Waals surface area contributed by atoms with Crippen LogP contribution < -0.4 is 4.74 Å². The van der Waals surface area contributed by atoms with Crippen molar-refractivity contribution < 1.29 is 24.2 Å². The van der Waals surface area contributed by atoms with Crippen molar-refractivity contribution in [2.75, 3.05) is 19.7 Å². The van der Waals surface area contributed by atoms with Crippen LogP contribution in [0.5, 0.6) is 5.75 Å². The highest BCUT2D eigenvalue weighted by Gasteiger charge is 2.29. The molecule has 1 fully saturated rings. The molecule has 0 unspecified atom stereocenters. The zero-order valence-electron chi connectivity index (χ0n) is 15.7. The van der Waals surface area contributed by atoms with E-state index in [1.165, 1.54) is 4.90 Å². The average molecular weight is 395 g/mol. The largest absolute Gasteiger partial charge is 0.486 e. The van der Waals surface area contributed by atoms with E-state index in [4.69, 9.17) is 14.6 Å². The predicted molar refractivity (Wildman–Crippen MR) is 104 cm³/mol. The fourth-order valence-corrected chi connectivity index (χ4v) is 3.34. The lowest BCUT2D eigenvalue weighted by atomic mass is 10.2. The number of morpholine rings is 1. The van der Waals surface area contributed by atoms with Gasteiger partial charge in [0.05, 0.1) is 24.2 Å². The number of rotatable bonds is 6. The number of fused-ring (bicyclic) bond motifs is 1. The Kier molecular flexibility index (Phi) is 5.44. The molecule has 0 saturated carbocycles. The van der Waals surface area contributed by atoms with E-state index in [9.17, 15) is 9.59 Å². The minimum Gasteiger partial charge on any atom is -0.486 e. The Labute approximate surface area is 167 Å². The van der Waals surface area contributed by atoms with Crippen LogP contribution in [0.4, 0.5) is 0 Å². The van der Waals surface area contributed by atoms with Crippen LogP contribution in [-0.2, 0) is 27.5 Å². The molecule has 4 rings (SSSR count). The SMILES string of the molecule is O=C(O)[C@H]1CN(C(=O)Cn2c(COc3ccccc3)nc3ccccc32)CCO1. The maximum absolute atomic E-state index is 12.9. The number of carboxylic acids is 1. The Hall–Kier alpha value is -3.39. The minimum atomic E-state index is -1.06. The van der Waals surface area contributed by atoms with Crippen molar-refractivity contribution in [1.29, 1.82) is 0 Å². The second-order valence-corrected chi connectivity index (χ2v) is 6.74. The highest BCUT2D eigenvalue weighted by atomic mass is 16.5. The molecular formula is C21H21N3O5. The lowest BCUT2D eigenvalue weighted by Gasteiger charge is -2.31. The van der Waals surface area contributed by atoms with E-state index < -0.39 is 12.1 Å². The van der Waals surface area contributed by atoms with Crippen molar-refractivity contribution in [2.24, 2.45) is 0 Å². The van der Waals surface area contributed by atoms with Gasteiger partial charge in [-0.3, -0.25) is 4.79 Å². The van der Waals surface area contributed by atoms with Crippen LogP contribution in [-0.4, -0.2) is 57.2 Å². The molecule has 8 nitrogen and oxygen atoms in total. The number of carboxylic acid groups (broad SMARTS) is 1. The van der Waals surface area contributed by atoms with Crippen LogP contribution >= 0.6 is 0 Å². The third-order valence-electron chi connectivity index (χ3n) is 4.83. The summed E-state index contributed by atoms with van der Waals surface area (Å²) < 4.78 is 12.9. The zero-order chi connectivity index (χ0) is 20.2. The second kappa shape index (κ2) is 8.32. The van der Waals surface area contributed by atoms with Gasteiger partial charge in [-0.15, -0.1) is 0 Å². The number of ether oxygens (including phenoxy) is 2. The third kappa shape index (κ3) is 4.22.